The Labute approximate surface area is 121 Å². The molecule has 1 aromatic carbocycles. The highest BCUT2D eigenvalue weighted by molar-refractivity contribution is 5.94. The third kappa shape index (κ3) is 3.58. The quantitative estimate of drug-likeness (QED) is 0.771. The average molecular weight is 276 g/mol. The first-order chi connectivity index (χ1) is 9.63. The Balaban J connectivity index is 2.08. The highest BCUT2D eigenvalue weighted by Crippen LogP contribution is 2.22. The second kappa shape index (κ2) is 6.86. The summed E-state index contributed by atoms with van der Waals surface area (Å²) in [6.45, 7) is 10.2. The smallest absolute Gasteiger partial charge is 0.159 e. The first-order valence-electron chi connectivity index (χ1n) is 7.26. The second-order valence-electron chi connectivity index (χ2n) is 5.29. The molecule has 110 valence electrons. The number of methoxy groups -OCH3 is 1. The molecule has 0 atom stereocenters. The van der Waals surface area contributed by atoms with E-state index in [0.717, 1.165) is 56.1 Å². The highest BCUT2D eigenvalue weighted by Gasteiger charge is 2.17. The number of carbonyl (C=O) groups excluding carboxylic acids is 1. The molecule has 0 radical (unpaired) electrons. The molecule has 0 unspecified atom stereocenters. The molecule has 2 rings (SSSR count). The van der Waals surface area contributed by atoms with Gasteiger partial charge in [0.2, 0.25) is 0 Å². The molecule has 20 heavy (non-hydrogen) atoms. The topological polar surface area (TPSA) is 32.8 Å². The van der Waals surface area contributed by atoms with Crippen LogP contribution in [0.5, 0.6) is 5.75 Å². The summed E-state index contributed by atoms with van der Waals surface area (Å²) in [6, 6.07) is 5.70. The van der Waals surface area contributed by atoms with Gasteiger partial charge in [0.1, 0.15) is 5.75 Å². The van der Waals surface area contributed by atoms with E-state index in [-0.39, 0.29) is 5.78 Å². The summed E-state index contributed by atoms with van der Waals surface area (Å²) in [5.74, 6) is 0.970. The van der Waals surface area contributed by atoms with Crippen LogP contribution in [0.3, 0.4) is 0 Å². The first-order valence-corrected chi connectivity index (χ1v) is 7.26. The standard InChI is InChI=1S/C16H24N2O2/c1-4-17-7-9-18(10-8-17)12-15-11-14(13(2)19)5-6-16(15)20-3/h5-6,11H,4,7-10,12H2,1-3H3. The van der Waals surface area contributed by atoms with Crippen molar-refractivity contribution in [1.82, 2.24) is 9.80 Å². The zero-order chi connectivity index (χ0) is 14.5. The minimum atomic E-state index is 0.102. The van der Waals surface area contributed by atoms with E-state index in [1.165, 1.54) is 0 Å². The summed E-state index contributed by atoms with van der Waals surface area (Å²) in [4.78, 5) is 16.4. The molecule has 0 bridgehead atoms. The number of piperazine rings is 1. The lowest BCUT2D eigenvalue weighted by Crippen LogP contribution is -2.45. The number of hydrogen-bond acceptors (Lipinski definition) is 4. The summed E-state index contributed by atoms with van der Waals surface area (Å²) in [5.41, 5.74) is 1.86. The summed E-state index contributed by atoms with van der Waals surface area (Å²) in [5, 5.41) is 0. The lowest BCUT2D eigenvalue weighted by molar-refractivity contribution is 0.101. The molecule has 0 saturated carbocycles. The van der Waals surface area contributed by atoms with E-state index in [2.05, 4.69) is 16.7 Å². The van der Waals surface area contributed by atoms with Gasteiger partial charge in [0, 0.05) is 43.9 Å². The Hall–Kier alpha value is -1.39. The second-order valence-corrected chi connectivity index (χ2v) is 5.29. The minimum absolute atomic E-state index is 0.102. The third-order valence-electron chi connectivity index (χ3n) is 3.99. The van der Waals surface area contributed by atoms with Gasteiger partial charge in [-0.2, -0.15) is 0 Å². The van der Waals surface area contributed by atoms with Crippen LogP contribution in [0, 0.1) is 0 Å². The Morgan fingerprint density at radius 3 is 2.40 bits per heavy atom. The minimum Gasteiger partial charge on any atom is -0.496 e. The number of Topliss-reactive ketones (excluding diaryl/α,β-unsaturated/α-hetero) is 1. The normalized spacial score (nSPS) is 17.1. The zero-order valence-electron chi connectivity index (χ0n) is 12.7. The van der Waals surface area contributed by atoms with E-state index in [9.17, 15) is 4.79 Å². The number of carbonyl (C=O) groups is 1. The van der Waals surface area contributed by atoms with E-state index < -0.39 is 0 Å². The van der Waals surface area contributed by atoms with E-state index >= 15 is 0 Å². The molecule has 0 spiro atoms. The van der Waals surface area contributed by atoms with Gasteiger partial charge in [-0.15, -0.1) is 0 Å². The van der Waals surface area contributed by atoms with Crippen molar-refractivity contribution in [2.45, 2.75) is 20.4 Å². The molecule has 0 amide bonds. The van der Waals surface area contributed by atoms with Crippen LogP contribution in [0.4, 0.5) is 0 Å². The van der Waals surface area contributed by atoms with Gasteiger partial charge in [0.15, 0.2) is 5.78 Å². The number of nitrogens with zero attached hydrogens (tertiary/aromatic N) is 2. The van der Waals surface area contributed by atoms with Crippen LogP contribution in [0.2, 0.25) is 0 Å². The van der Waals surface area contributed by atoms with Crippen molar-refractivity contribution < 1.29 is 9.53 Å². The predicted molar refractivity (Wildman–Crippen MR) is 80.4 cm³/mol. The Morgan fingerprint density at radius 2 is 1.85 bits per heavy atom. The fraction of sp³-hybridized carbons (Fsp3) is 0.562. The van der Waals surface area contributed by atoms with Crippen LogP contribution in [0.25, 0.3) is 0 Å². The van der Waals surface area contributed by atoms with Crippen molar-refractivity contribution in [3.05, 3.63) is 29.3 Å². The van der Waals surface area contributed by atoms with Crippen LogP contribution in [0.1, 0.15) is 29.8 Å². The van der Waals surface area contributed by atoms with Gasteiger partial charge >= 0.3 is 0 Å². The SMILES string of the molecule is CCN1CCN(Cc2cc(C(C)=O)ccc2OC)CC1. The lowest BCUT2D eigenvalue weighted by atomic mass is 10.1. The number of ketones is 1. The van der Waals surface area contributed by atoms with E-state index in [0.29, 0.717) is 0 Å². The molecule has 1 aliphatic rings. The molecule has 0 aliphatic carbocycles. The van der Waals surface area contributed by atoms with Crippen molar-refractivity contribution in [3.8, 4) is 5.75 Å². The van der Waals surface area contributed by atoms with Gasteiger partial charge in [0.05, 0.1) is 7.11 Å². The molecule has 0 aromatic heterocycles. The van der Waals surface area contributed by atoms with Gasteiger partial charge in [-0.3, -0.25) is 9.69 Å². The van der Waals surface area contributed by atoms with Gasteiger partial charge in [-0.05, 0) is 31.7 Å². The Morgan fingerprint density at radius 1 is 1.20 bits per heavy atom. The summed E-state index contributed by atoms with van der Waals surface area (Å²) < 4.78 is 5.42. The summed E-state index contributed by atoms with van der Waals surface area (Å²) >= 11 is 0. The molecular weight excluding hydrogens is 252 g/mol. The maximum Gasteiger partial charge on any atom is 0.159 e. The Bertz CT molecular complexity index is 466. The molecule has 1 aliphatic heterocycles. The van der Waals surface area contributed by atoms with Crippen molar-refractivity contribution in [2.75, 3.05) is 39.8 Å². The monoisotopic (exact) mass is 276 g/mol. The lowest BCUT2D eigenvalue weighted by Gasteiger charge is -2.34. The molecule has 1 fully saturated rings. The van der Waals surface area contributed by atoms with Crippen LogP contribution >= 0.6 is 0 Å². The van der Waals surface area contributed by atoms with Gasteiger partial charge in [0.25, 0.3) is 0 Å². The molecule has 0 N–H and O–H groups in total. The van der Waals surface area contributed by atoms with Gasteiger partial charge < -0.3 is 9.64 Å². The largest absolute Gasteiger partial charge is 0.496 e. The number of rotatable bonds is 5. The maximum atomic E-state index is 11.5. The molecule has 4 heteroatoms. The third-order valence-corrected chi connectivity index (χ3v) is 3.99. The first kappa shape index (κ1) is 15.0. The van der Waals surface area contributed by atoms with Crippen LogP contribution in [-0.2, 0) is 6.54 Å². The van der Waals surface area contributed by atoms with E-state index in [4.69, 9.17) is 4.74 Å². The number of benzene rings is 1. The fourth-order valence-electron chi connectivity index (χ4n) is 2.63. The maximum absolute atomic E-state index is 11.5. The number of hydrogen-bond donors (Lipinski definition) is 0. The van der Waals surface area contributed by atoms with Crippen molar-refractivity contribution >= 4 is 5.78 Å². The van der Waals surface area contributed by atoms with E-state index in [1.807, 2.05) is 18.2 Å². The van der Waals surface area contributed by atoms with Gasteiger partial charge in [-0.25, -0.2) is 0 Å². The van der Waals surface area contributed by atoms with Crippen LogP contribution in [-0.4, -0.2) is 55.4 Å². The predicted octanol–water partition coefficient (Wildman–Crippen LogP) is 2.04. The van der Waals surface area contributed by atoms with Gasteiger partial charge in [-0.1, -0.05) is 6.92 Å². The van der Waals surface area contributed by atoms with E-state index in [1.54, 1.807) is 14.0 Å². The molecule has 4 nitrogen and oxygen atoms in total. The zero-order valence-corrected chi connectivity index (χ0v) is 12.7. The number of likely N-dealkylation sites (N-methyl/N-ethyl adjacent to an activating group) is 1. The van der Waals surface area contributed by atoms with Crippen molar-refractivity contribution in [2.24, 2.45) is 0 Å². The highest BCUT2D eigenvalue weighted by atomic mass is 16.5. The fourth-order valence-corrected chi connectivity index (χ4v) is 2.63. The number of ether oxygens (including phenoxy) is 1. The molecule has 1 saturated heterocycles. The summed E-state index contributed by atoms with van der Waals surface area (Å²) in [7, 11) is 1.68. The van der Waals surface area contributed by atoms with Crippen molar-refractivity contribution in [1.29, 1.82) is 0 Å². The summed E-state index contributed by atoms with van der Waals surface area (Å²) in [6.07, 6.45) is 0. The molecule has 1 aromatic rings. The van der Waals surface area contributed by atoms with Crippen molar-refractivity contribution in [3.63, 3.8) is 0 Å². The molecular formula is C16H24N2O2. The van der Waals surface area contributed by atoms with Crippen LogP contribution in [0.15, 0.2) is 18.2 Å². The average Bonchev–Trinajstić information content (AvgIpc) is 2.48. The van der Waals surface area contributed by atoms with Crippen LogP contribution < -0.4 is 4.74 Å². The molecule has 1 heterocycles. The Kier molecular flexibility index (Phi) is 5.15.